The van der Waals surface area contributed by atoms with Gasteiger partial charge in [-0.15, -0.1) is 0 Å². The number of hydrogen-bond donors (Lipinski definition) is 1. The van der Waals surface area contributed by atoms with Crippen LogP contribution in [0.25, 0.3) is 0 Å². The van der Waals surface area contributed by atoms with E-state index in [9.17, 15) is 0 Å². The summed E-state index contributed by atoms with van der Waals surface area (Å²) in [5.41, 5.74) is 1.12. The molecule has 3 unspecified atom stereocenters. The van der Waals surface area contributed by atoms with Crippen LogP contribution in [0.5, 0.6) is 0 Å². The normalized spacial score (nSPS) is 28.2. The summed E-state index contributed by atoms with van der Waals surface area (Å²) in [7, 11) is 0. The van der Waals surface area contributed by atoms with E-state index in [2.05, 4.69) is 51.0 Å². The first-order valence-corrected chi connectivity index (χ1v) is 8.36. The van der Waals surface area contributed by atoms with Gasteiger partial charge in [0.15, 0.2) is 0 Å². The van der Waals surface area contributed by atoms with Crippen LogP contribution in [0.2, 0.25) is 5.02 Å². The summed E-state index contributed by atoms with van der Waals surface area (Å²) in [6.07, 6.45) is 3.90. The first-order chi connectivity index (χ1) is 8.49. The van der Waals surface area contributed by atoms with Crippen LogP contribution < -0.4 is 5.32 Å². The van der Waals surface area contributed by atoms with Crippen molar-refractivity contribution in [3.63, 3.8) is 0 Å². The second-order valence-corrected chi connectivity index (χ2v) is 7.41. The third-order valence-electron chi connectivity index (χ3n) is 4.04. The van der Waals surface area contributed by atoms with Gasteiger partial charge in [-0.25, -0.2) is 0 Å². The lowest BCUT2D eigenvalue weighted by atomic mass is 9.78. The molecule has 0 radical (unpaired) electrons. The fourth-order valence-electron chi connectivity index (χ4n) is 2.65. The Bertz CT molecular complexity index is 413. The van der Waals surface area contributed by atoms with Gasteiger partial charge in [0.1, 0.15) is 0 Å². The summed E-state index contributed by atoms with van der Waals surface area (Å²) in [5.74, 6) is 1.49. The predicted octanol–water partition coefficient (Wildman–Crippen LogP) is 6.10. The Kier molecular flexibility index (Phi) is 5.01. The van der Waals surface area contributed by atoms with Crippen molar-refractivity contribution in [2.75, 3.05) is 5.32 Å². The minimum absolute atomic E-state index is 0.544. The van der Waals surface area contributed by atoms with Crippen molar-refractivity contribution in [2.45, 2.75) is 39.2 Å². The SMILES string of the molecule is CC1CCCC(Nc2c(Br)cc(Cl)cc2Br)C1C. The summed E-state index contributed by atoms with van der Waals surface area (Å²) in [5, 5.41) is 4.41. The highest BCUT2D eigenvalue weighted by Crippen LogP contribution is 2.38. The maximum atomic E-state index is 6.03. The lowest BCUT2D eigenvalue weighted by Crippen LogP contribution is -2.35. The molecule has 1 aliphatic carbocycles. The van der Waals surface area contributed by atoms with Gasteiger partial charge in [-0.1, -0.05) is 38.3 Å². The number of benzene rings is 1. The molecule has 0 bridgehead atoms. The Balaban J connectivity index is 2.18. The second kappa shape index (κ2) is 6.15. The zero-order valence-electron chi connectivity index (χ0n) is 10.6. The first kappa shape index (κ1) is 14.7. The molecule has 1 saturated carbocycles. The zero-order chi connectivity index (χ0) is 13.3. The van der Waals surface area contributed by atoms with Crippen LogP contribution in [0.15, 0.2) is 21.1 Å². The molecule has 1 fully saturated rings. The molecule has 1 aromatic rings. The fourth-order valence-corrected chi connectivity index (χ4v) is 4.55. The maximum absolute atomic E-state index is 6.03. The number of halogens is 3. The van der Waals surface area contributed by atoms with Crippen LogP contribution in [0, 0.1) is 11.8 Å². The second-order valence-electron chi connectivity index (χ2n) is 5.26. The van der Waals surface area contributed by atoms with Gasteiger partial charge in [-0.2, -0.15) is 0 Å². The molecular weight excluding hydrogens is 377 g/mol. The summed E-state index contributed by atoms with van der Waals surface area (Å²) in [4.78, 5) is 0. The first-order valence-electron chi connectivity index (χ1n) is 6.40. The molecule has 3 atom stereocenters. The Morgan fingerprint density at radius 2 is 1.78 bits per heavy atom. The van der Waals surface area contributed by atoms with Crippen LogP contribution in [-0.4, -0.2) is 6.04 Å². The molecule has 0 aliphatic heterocycles. The highest BCUT2D eigenvalue weighted by molar-refractivity contribution is 9.11. The third-order valence-corrected chi connectivity index (χ3v) is 5.51. The maximum Gasteiger partial charge on any atom is 0.0632 e. The predicted molar refractivity (Wildman–Crippen MR) is 86.4 cm³/mol. The average Bonchev–Trinajstić information content (AvgIpc) is 2.28. The summed E-state index contributed by atoms with van der Waals surface area (Å²) in [6.45, 7) is 4.70. The summed E-state index contributed by atoms with van der Waals surface area (Å²) in [6, 6.07) is 4.42. The standard InChI is InChI=1S/C14H18Br2ClN/c1-8-4-3-5-13(9(8)2)18-14-11(15)6-10(17)7-12(14)16/h6-9,13,18H,3-5H2,1-2H3. The van der Waals surface area contributed by atoms with Crippen molar-refractivity contribution in [2.24, 2.45) is 11.8 Å². The fraction of sp³-hybridized carbons (Fsp3) is 0.571. The highest BCUT2D eigenvalue weighted by atomic mass is 79.9. The summed E-state index contributed by atoms with van der Waals surface area (Å²) < 4.78 is 2.04. The molecule has 0 heterocycles. The van der Waals surface area contributed by atoms with E-state index in [1.54, 1.807) is 0 Å². The van der Waals surface area contributed by atoms with Crippen LogP contribution in [0.3, 0.4) is 0 Å². The molecule has 0 amide bonds. The Morgan fingerprint density at radius 1 is 1.17 bits per heavy atom. The van der Waals surface area contributed by atoms with Gasteiger partial charge in [0.2, 0.25) is 0 Å². The number of anilines is 1. The van der Waals surface area contributed by atoms with Gasteiger partial charge in [-0.3, -0.25) is 0 Å². The van der Waals surface area contributed by atoms with Crippen LogP contribution in [-0.2, 0) is 0 Å². The van der Waals surface area contributed by atoms with Crippen molar-refractivity contribution in [1.82, 2.24) is 0 Å². The van der Waals surface area contributed by atoms with E-state index in [1.807, 2.05) is 12.1 Å². The third kappa shape index (κ3) is 3.23. The number of rotatable bonds is 2. The molecule has 1 nitrogen and oxygen atoms in total. The van der Waals surface area contributed by atoms with E-state index in [4.69, 9.17) is 11.6 Å². The lowest BCUT2D eigenvalue weighted by molar-refractivity contribution is 0.253. The minimum atomic E-state index is 0.544. The smallest absolute Gasteiger partial charge is 0.0632 e. The topological polar surface area (TPSA) is 12.0 Å². The Hall–Kier alpha value is 0.270. The van der Waals surface area contributed by atoms with Gasteiger partial charge in [0, 0.05) is 20.0 Å². The molecule has 100 valence electrons. The van der Waals surface area contributed by atoms with Crippen molar-refractivity contribution in [3.8, 4) is 0 Å². The summed E-state index contributed by atoms with van der Waals surface area (Å²) >= 11 is 13.2. The molecular formula is C14H18Br2ClN. The average molecular weight is 396 g/mol. The van der Waals surface area contributed by atoms with Gasteiger partial charge < -0.3 is 5.32 Å². The van der Waals surface area contributed by atoms with Gasteiger partial charge in [0.25, 0.3) is 0 Å². The number of hydrogen-bond acceptors (Lipinski definition) is 1. The van der Waals surface area contributed by atoms with Crippen LogP contribution in [0.4, 0.5) is 5.69 Å². The van der Waals surface area contributed by atoms with E-state index in [-0.39, 0.29) is 0 Å². The van der Waals surface area contributed by atoms with Crippen LogP contribution in [0.1, 0.15) is 33.1 Å². The lowest BCUT2D eigenvalue weighted by Gasteiger charge is -2.35. The molecule has 18 heavy (non-hydrogen) atoms. The van der Waals surface area contributed by atoms with Crippen LogP contribution >= 0.6 is 43.5 Å². The van der Waals surface area contributed by atoms with E-state index in [0.29, 0.717) is 12.0 Å². The van der Waals surface area contributed by atoms with E-state index in [1.165, 1.54) is 19.3 Å². The quantitative estimate of drug-likeness (QED) is 0.638. The highest BCUT2D eigenvalue weighted by Gasteiger charge is 2.27. The van der Waals surface area contributed by atoms with Gasteiger partial charge >= 0.3 is 0 Å². The van der Waals surface area contributed by atoms with Crippen molar-refractivity contribution in [3.05, 3.63) is 26.1 Å². The molecule has 0 saturated heterocycles. The molecule has 1 aromatic carbocycles. The molecule has 0 aromatic heterocycles. The number of nitrogens with one attached hydrogen (secondary N) is 1. The van der Waals surface area contributed by atoms with Crippen molar-refractivity contribution in [1.29, 1.82) is 0 Å². The monoisotopic (exact) mass is 393 g/mol. The largest absolute Gasteiger partial charge is 0.380 e. The van der Waals surface area contributed by atoms with E-state index < -0.39 is 0 Å². The molecule has 0 spiro atoms. The zero-order valence-corrected chi connectivity index (χ0v) is 14.6. The molecule has 1 aliphatic rings. The van der Waals surface area contributed by atoms with Crippen molar-refractivity contribution < 1.29 is 0 Å². The van der Waals surface area contributed by atoms with Crippen molar-refractivity contribution >= 4 is 49.1 Å². The Labute approximate surface area is 131 Å². The molecule has 2 rings (SSSR count). The van der Waals surface area contributed by atoms with E-state index >= 15 is 0 Å². The molecule has 4 heteroatoms. The Morgan fingerprint density at radius 3 is 2.39 bits per heavy atom. The van der Waals surface area contributed by atoms with Gasteiger partial charge in [-0.05, 0) is 62.2 Å². The minimum Gasteiger partial charge on any atom is -0.380 e. The molecule has 1 N–H and O–H groups in total. The van der Waals surface area contributed by atoms with E-state index in [0.717, 1.165) is 25.6 Å². The van der Waals surface area contributed by atoms with Gasteiger partial charge in [0.05, 0.1) is 5.69 Å².